The molecule has 0 unspecified atom stereocenters. The van der Waals surface area contributed by atoms with Crippen LogP contribution in [0, 0.1) is 0 Å². The number of hydrogen-bond donors (Lipinski definition) is 1. The number of anilines is 1. The molecule has 2 aromatic heterocycles. The Morgan fingerprint density at radius 3 is 2.73 bits per heavy atom. The minimum atomic E-state index is -0.960. The van der Waals surface area contributed by atoms with Gasteiger partial charge >= 0.3 is 5.97 Å². The zero-order valence-corrected chi connectivity index (χ0v) is 19.0. The van der Waals surface area contributed by atoms with E-state index in [9.17, 15) is 4.79 Å². The Balaban J connectivity index is 1.46. The molecule has 7 nitrogen and oxygen atoms in total. The molecule has 1 aliphatic heterocycles. The van der Waals surface area contributed by atoms with E-state index < -0.39 is 5.97 Å². The fraction of sp³-hybridized carbons (Fsp3) is 0.208. The maximum Gasteiger partial charge on any atom is 0.335 e. The molecule has 1 N–H and O–H groups in total. The number of halogens is 2. The molecular weight excluding hydrogens is 463 g/mol. The van der Waals surface area contributed by atoms with Crippen LogP contribution in [0.4, 0.5) is 5.82 Å². The maximum atomic E-state index is 11.1. The Kier molecular flexibility index (Phi) is 5.83. The molecule has 0 spiro atoms. The van der Waals surface area contributed by atoms with Crippen LogP contribution >= 0.6 is 23.2 Å². The lowest BCUT2D eigenvalue weighted by Gasteiger charge is -2.27. The minimum Gasteiger partial charge on any atom is -0.491 e. The first-order chi connectivity index (χ1) is 16.0. The van der Waals surface area contributed by atoms with Crippen LogP contribution < -0.4 is 9.64 Å². The molecule has 0 radical (unpaired) electrons. The molecule has 168 valence electrons. The van der Waals surface area contributed by atoms with Gasteiger partial charge in [-0.3, -0.25) is 0 Å². The molecule has 0 saturated carbocycles. The highest BCUT2D eigenvalue weighted by Crippen LogP contribution is 2.36. The van der Waals surface area contributed by atoms with Gasteiger partial charge < -0.3 is 19.3 Å². The third-order valence-electron chi connectivity index (χ3n) is 5.83. The molecule has 0 amide bonds. The van der Waals surface area contributed by atoms with Gasteiger partial charge in [0.25, 0.3) is 0 Å². The number of carboxylic acid groups (broad SMARTS) is 1. The van der Waals surface area contributed by atoms with Gasteiger partial charge in [-0.15, -0.1) is 0 Å². The number of hydrogen-bond acceptors (Lipinski definition) is 5. The van der Waals surface area contributed by atoms with Gasteiger partial charge in [0.05, 0.1) is 39.2 Å². The average Bonchev–Trinajstić information content (AvgIpc) is 3.52. The number of carboxylic acids is 1. The number of imidazole rings is 1. The number of aromatic carboxylic acids is 1. The average molecular weight is 483 g/mol. The predicted octanol–water partition coefficient (Wildman–Crippen LogP) is 5.47. The molecule has 4 aromatic rings. The Morgan fingerprint density at radius 2 is 2.00 bits per heavy atom. The fourth-order valence-electron chi connectivity index (χ4n) is 4.16. The lowest BCUT2D eigenvalue weighted by Crippen LogP contribution is -2.34. The van der Waals surface area contributed by atoms with Crippen molar-refractivity contribution in [3.8, 4) is 11.4 Å². The predicted molar refractivity (Wildman–Crippen MR) is 128 cm³/mol. The van der Waals surface area contributed by atoms with Crippen molar-refractivity contribution in [3.05, 3.63) is 76.8 Å². The molecule has 5 rings (SSSR count). The smallest absolute Gasteiger partial charge is 0.335 e. The van der Waals surface area contributed by atoms with E-state index in [1.54, 1.807) is 30.7 Å². The van der Waals surface area contributed by atoms with E-state index in [1.165, 1.54) is 12.1 Å². The van der Waals surface area contributed by atoms with Crippen molar-refractivity contribution in [2.75, 3.05) is 18.1 Å². The summed E-state index contributed by atoms with van der Waals surface area (Å²) in [5.41, 5.74) is 1.79. The number of benzene rings is 2. The summed E-state index contributed by atoms with van der Waals surface area (Å²) in [5, 5.41) is 10.8. The summed E-state index contributed by atoms with van der Waals surface area (Å²) in [4.78, 5) is 22.3. The van der Waals surface area contributed by atoms with Gasteiger partial charge in [0.2, 0.25) is 0 Å². The second-order valence-electron chi connectivity index (χ2n) is 7.86. The fourth-order valence-corrected chi connectivity index (χ4v) is 4.52. The number of rotatable bonds is 6. The molecule has 1 aliphatic rings. The first-order valence-corrected chi connectivity index (χ1v) is 11.3. The monoisotopic (exact) mass is 482 g/mol. The largest absolute Gasteiger partial charge is 0.491 e. The van der Waals surface area contributed by atoms with Crippen molar-refractivity contribution in [2.45, 2.75) is 18.9 Å². The molecule has 2 aromatic carbocycles. The van der Waals surface area contributed by atoms with Gasteiger partial charge in [0, 0.05) is 30.4 Å². The highest BCUT2D eigenvalue weighted by Gasteiger charge is 2.28. The molecule has 0 aliphatic carbocycles. The van der Waals surface area contributed by atoms with Gasteiger partial charge in [-0.1, -0.05) is 23.2 Å². The van der Waals surface area contributed by atoms with Crippen LogP contribution in [0.25, 0.3) is 16.6 Å². The molecule has 1 fully saturated rings. The summed E-state index contributed by atoms with van der Waals surface area (Å²) in [7, 11) is 0. The normalized spacial score (nSPS) is 15.8. The van der Waals surface area contributed by atoms with Crippen LogP contribution in [0.1, 0.15) is 23.2 Å². The molecule has 1 atom stereocenters. The molecule has 1 saturated heterocycles. The van der Waals surface area contributed by atoms with E-state index in [-0.39, 0.29) is 11.6 Å². The number of fused-ring (bicyclic) bond motifs is 1. The SMILES string of the molecule is O=C(O)c1ccc(OC[C@@H]2CCCN2c2cc(-n3ccnc3)c3ccc(Cl)c(Cl)c3n2)cc1. The molecule has 9 heteroatoms. The van der Waals surface area contributed by atoms with Crippen molar-refractivity contribution in [1.29, 1.82) is 0 Å². The van der Waals surface area contributed by atoms with Crippen LogP contribution in [-0.2, 0) is 0 Å². The third kappa shape index (κ3) is 4.21. The van der Waals surface area contributed by atoms with E-state index in [0.29, 0.717) is 27.9 Å². The minimum absolute atomic E-state index is 0.114. The van der Waals surface area contributed by atoms with Gasteiger partial charge in [-0.2, -0.15) is 0 Å². The number of ether oxygens (including phenoxy) is 1. The van der Waals surface area contributed by atoms with Crippen LogP contribution in [0.3, 0.4) is 0 Å². The topological polar surface area (TPSA) is 80.5 Å². The zero-order valence-electron chi connectivity index (χ0n) is 17.5. The summed E-state index contributed by atoms with van der Waals surface area (Å²) in [5.74, 6) is 0.466. The number of nitrogens with zero attached hydrogens (tertiary/aromatic N) is 4. The van der Waals surface area contributed by atoms with Crippen molar-refractivity contribution in [3.63, 3.8) is 0 Å². The summed E-state index contributed by atoms with van der Waals surface area (Å²) >= 11 is 12.8. The number of aromatic nitrogens is 3. The second-order valence-corrected chi connectivity index (χ2v) is 8.64. The standard InChI is InChI=1S/C24H20Cl2N4O3/c25-19-8-7-18-20(29-11-9-27-14-29)12-21(28-23(18)22(19)26)30-10-1-2-16(30)13-33-17-5-3-15(4-6-17)24(31)32/h3-9,11-12,14,16H,1-2,10,13H2,(H,31,32)/t16-/m0/s1. The Bertz CT molecular complexity index is 1310. The van der Waals surface area contributed by atoms with Crippen LogP contribution in [-0.4, -0.2) is 44.8 Å². The van der Waals surface area contributed by atoms with Gasteiger partial charge in [0.15, 0.2) is 0 Å². The van der Waals surface area contributed by atoms with Gasteiger partial charge in [-0.25, -0.2) is 14.8 Å². The Morgan fingerprint density at radius 1 is 1.18 bits per heavy atom. The lowest BCUT2D eigenvalue weighted by molar-refractivity contribution is 0.0697. The second kappa shape index (κ2) is 8.92. The summed E-state index contributed by atoms with van der Waals surface area (Å²) in [6.07, 6.45) is 7.32. The van der Waals surface area contributed by atoms with Crippen molar-refractivity contribution in [1.82, 2.24) is 14.5 Å². The van der Waals surface area contributed by atoms with E-state index in [1.807, 2.05) is 22.9 Å². The number of pyridine rings is 1. The van der Waals surface area contributed by atoms with Crippen molar-refractivity contribution in [2.24, 2.45) is 0 Å². The highest BCUT2D eigenvalue weighted by atomic mass is 35.5. The molecule has 33 heavy (non-hydrogen) atoms. The van der Waals surface area contributed by atoms with E-state index in [0.717, 1.165) is 36.3 Å². The number of carbonyl (C=O) groups is 1. The van der Waals surface area contributed by atoms with Crippen LogP contribution in [0.15, 0.2) is 61.2 Å². The molecule has 3 heterocycles. The zero-order chi connectivity index (χ0) is 22.9. The van der Waals surface area contributed by atoms with E-state index in [4.69, 9.17) is 38.0 Å². The lowest BCUT2D eigenvalue weighted by atomic mass is 10.1. The first kappa shape index (κ1) is 21.6. The Labute approximate surface area is 200 Å². The quantitative estimate of drug-likeness (QED) is 0.392. The maximum absolute atomic E-state index is 11.1. The summed E-state index contributed by atoms with van der Waals surface area (Å²) in [6.45, 7) is 1.29. The molecular formula is C24H20Cl2N4O3. The van der Waals surface area contributed by atoms with Crippen LogP contribution in [0.2, 0.25) is 10.0 Å². The van der Waals surface area contributed by atoms with E-state index >= 15 is 0 Å². The molecule has 0 bridgehead atoms. The van der Waals surface area contributed by atoms with Crippen molar-refractivity contribution < 1.29 is 14.6 Å². The highest BCUT2D eigenvalue weighted by molar-refractivity contribution is 6.45. The van der Waals surface area contributed by atoms with Crippen molar-refractivity contribution >= 4 is 45.9 Å². The van der Waals surface area contributed by atoms with Crippen LogP contribution in [0.5, 0.6) is 5.75 Å². The van der Waals surface area contributed by atoms with Gasteiger partial charge in [0.1, 0.15) is 18.2 Å². The summed E-state index contributed by atoms with van der Waals surface area (Å²) < 4.78 is 7.92. The van der Waals surface area contributed by atoms with E-state index in [2.05, 4.69) is 9.88 Å². The van der Waals surface area contributed by atoms with Gasteiger partial charge in [-0.05, 0) is 49.2 Å². The third-order valence-corrected chi connectivity index (χ3v) is 6.63. The summed E-state index contributed by atoms with van der Waals surface area (Å²) in [6, 6.07) is 12.3. The Hall–Kier alpha value is -3.29. The first-order valence-electron chi connectivity index (χ1n) is 10.5.